The van der Waals surface area contributed by atoms with E-state index in [2.05, 4.69) is 63.5 Å². The summed E-state index contributed by atoms with van der Waals surface area (Å²) in [7, 11) is 1.80. The van der Waals surface area contributed by atoms with Gasteiger partial charge in [0.25, 0.3) is 0 Å². The molecule has 0 aliphatic carbocycles. The topological polar surface area (TPSA) is 53.7 Å². The predicted octanol–water partition coefficient (Wildman–Crippen LogP) is 2.59. The molecule has 0 spiro atoms. The van der Waals surface area contributed by atoms with Gasteiger partial charge in [-0.15, -0.1) is 0 Å². The van der Waals surface area contributed by atoms with Crippen molar-refractivity contribution in [1.82, 2.24) is 20.0 Å². The second-order valence-electron chi connectivity index (χ2n) is 6.07. The van der Waals surface area contributed by atoms with Crippen LogP contribution in [0.2, 0.25) is 0 Å². The zero-order valence-corrected chi connectivity index (χ0v) is 14.9. The summed E-state index contributed by atoms with van der Waals surface area (Å²) in [4.78, 5) is 8.98. The Bertz CT molecular complexity index is 836. The molecule has 130 valence electrons. The van der Waals surface area contributed by atoms with E-state index in [1.165, 1.54) is 11.1 Å². The van der Waals surface area contributed by atoms with E-state index in [0.29, 0.717) is 0 Å². The molecule has 0 unspecified atom stereocenters. The molecule has 0 saturated carbocycles. The minimum Gasteiger partial charge on any atom is -0.356 e. The van der Waals surface area contributed by atoms with Crippen LogP contribution >= 0.6 is 0 Å². The Labute approximate surface area is 148 Å². The molecular formula is C20H25N5. The van der Waals surface area contributed by atoms with Crippen molar-refractivity contribution in [2.24, 2.45) is 4.99 Å². The summed E-state index contributed by atoms with van der Waals surface area (Å²) in [6.45, 7) is 3.74. The minimum atomic E-state index is 0.800. The highest BCUT2D eigenvalue weighted by atomic mass is 15.2. The van der Waals surface area contributed by atoms with Crippen LogP contribution in [0.4, 0.5) is 0 Å². The highest BCUT2D eigenvalue weighted by Crippen LogP contribution is 2.09. The molecule has 0 radical (unpaired) electrons. The SMILES string of the molecule is CN=C(NCCc1ccccc1)NCCc1cn2cccc(C)c2n1. The Hall–Kier alpha value is -2.82. The Morgan fingerprint density at radius 3 is 2.52 bits per heavy atom. The van der Waals surface area contributed by atoms with E-state index in [1.54, 1.807) is 7.05 Å². The maximum absolute atomic E-state index is 4.70. The Morgan fingerprint density at radius 1 is 1.04 bits per heavy atom. The quantitative estimate of drug-likeness (QED) is 0.538. The van der Waals surface area contributed by atoms with Crippen LogP contribution in [0.15, 0.2) is 59.9 Å². The summed E-state index contributed by atoms with van der Waals surface area (Å²) in [5.41, 5.74) is 4.63. The first-order valence-electron chi connectivity index (χ1n) is 8.68. The van der Waals surface area contributed by atoms with E-state index in [4.69, 9.17) is 4.98 Å². The van der Waals surface area contributed by atoms with Gasteiger partial charge in [-0.05, 0) is 30.5 Å². The number of imidazole rings is 1. The molecule has 0 atom stereocenters. The Kier molecular flexibility index (Phi) is 5.67. The van der Waals surface area contributed by atoms with Crippen molar-refractivity contribution in [3.05, 3.63) is 71.7 Å². The monoisotopic (exact) mass is 335 g/mol. The van der Waals surface area contributed by atoms with Crippen LogP contribution in [0.3, 0.4) is 0 Å². The fraction of sp³-hybridized carbons (Fsp3) is 0.300. The highest BCUT2D eigenvalue weighted by molar-refractivity contribution is 5.79. The van der Waals surface area contributed by atoms with Gasteiger partial charge < -0.3 is 15.0 Å². The van der Waals surface area contributed by atoms with Crippen molar-refractivity contribution in [2.75, 3.05) is 20.1 Å². The number of aryl methyl sites for hydroxylation is 1. The number of rotatable bonds is 6. The van der Waals surface area contributed by atoms with Crippen LogP contribution in [0.25, 0.3) is 5.65 Å². The Morgan fingerprint density at radius 2 is 1.80 bits per heavy atom. The van der Waals surface area contributed by atoms with Crippen molar-refractivity contribution in [3.63, 3.8) is 0 Å². The van der Waals surface area contributed by atoms with Crippen LogP contribution in [0.1, 0.15) is 16.8 Å². The first kappa shape index (κ1) is 17.0. The van der Waals surface area contributed by atoms with E-state index in [1.807, 2.05) is 18.3 Å². The standard InChI is InChI=1S/C20H25N5/c1-16-7-6-14-25-15-18(24-19(16)25)11-13-23-20(21-2)22-12-10-17-8-4-3-5-9-17/h3-9,14-15H,10-13H2,1-2H3,(H2,21,22,23). The van der Waals surface area contributed by atoms with Gasteiger partial charge in [0.15, 0.2) is 5.96 Å². The van der Waals surface area contributed by atoms with Crippen molar-refractivity contribution in [3.8, 4) is 0 Å². The van der Waals surface area contributed by atoms with Gasteiger partial charge in [-0.25, -0.2) is 4.98 Å². The molecule has 2 aromatic heterocycles. The fourth-order valence-corrected chi connectivity index (χ4v) is 2.82. The average Bonchev–Trinajstić information content (AvgIpc) is 3.06. The number of pyridine rings is 1. The van der Waals surface area contributed by atoms with Crippen LogP contribution in [0, 0.1) is 6.92 Å². The van der Waals surface area contributed by atoms with E-state index < -0.39 is 0 Å². The maximum Gasteiger partial charge on any atom is 0.190 e. The second kappa shape index (κ2) is 8.33. The molecule has 0 aliphatic rings. The molecule has 25 heavy (non-hydrogen) atoms. The molecule has 1 aromatic carbocycles. The molecule has 5 nitrogen and oxygen atoms in total. The summed E-state index contributed by atoms with van der Waals surface area (Å²) in [6.07, 6.45) is 5.97. The molecule has 0 aliphatic heterocycles. The zero-order valence-electron chi connectivity index (χ0n) is 14.9. The van der Waals surface area contributed by atoms with Crippen molar-refractivity contribution < 1.29 is 0 Å². The number of fused-ring (bicyclic) bond motifs is 1. The third-order valence-electron chi connectivity index (χ3n) is 4.17. The largest absolute Gasteiger partial charge is 0.356 e. The smallest absolute Gasteiger partial charge is 0.190 e. The van der Waals surface area contributed by atoms with E-state index in [-0.39, 0.29) is 0 Å². The van der Waals surface area contributed by atoms with E-state index >= 15 is 0 Å². The Balaban J connectivity index is 1.45. The van der Waals surface area contributed by atoms with Gasteiger partial charge in [-0.1, -0.05) is 36.4 Å². The lowest BCUT2D eigenvalue weighted by Crippen LogP contribution is -2.39. The number of aliphatic imine (C=N–C) groups is 1. The lowest BCUT2D eigenvalue weighted by atomic mass is 10.1. The first-order chi connectivity index (χ1) is 12.3. The molecular weight excluding hydrogens is 310 g/mol. The molecule has 2 heterocycles. The average molecular weight is 335 g/mol. The van der Waals surface area contributed by atoms with Gasteiger partial charge >= 0.3 is 0 Å². The molecule has 3 aromatic rings. The number of hydrogen-bond donors (Lipinski definition) is 2. The lowest BCUT2D eigenvalue weighted by molar-refractivity contribution is 0.778. The predicted molar refractivity (Wildman–Crippen MR) is 103 cm³/mol. The third-order valence-corrected chi connectivity index (χ3v) is 4.17. The molecule has 2 N–H and O–H groups in total. The summed E-state index contributed by atoms with van der Waals surface area (Å²) in [5.74, 6) is 0.830. The zero-order chi connectivity index (χ0) is 17.5. The van der Waals surface area contributed by atoms with Crippen molar-refractivity contribution >= 4 is 11.6 Å². The van der Waals surface area contributed by atoms with Gasteiger partial charge in [0, 0.05) is 39.0 Å². The molecule has 3 rings (SSSR count). The van der Waals surface area contributed by atoms with Gasteiger partial charge in [-0.2, -0.15) is 0 Å². The summed E-state index contributed by atoms with van der Waals surface area (Å²) in [5, 5.41) is 6.71. The lowest BCUT2D eigenvalue weighted by Gasteiger charge is -2.11. The molecule has 0 fully saturated rings. The number of nitrogens with one attached hydrogen (secondary N) is 2. The third kappa shape index (κ3) is 4.59. The van der Waals surface area contributed by atoms with Crippen LogP contribution in [0.5, 0.6) is 0 Å². The summed E-state index contributed by atoms with van der Waals surface area (Å²) < 4.78 is 2.08. The van der Waals surface area contributed by atoms with Gasteiger partial charge in [0.2, 0.25) is 0 Å². The maximum atomic E-state index is 4.70. The van der Waals surface area contributed by atoms with E-state index in [9.17, 15) is 0 Å². The second-order valence-corrected chi connectivity index (χ2v) is 6.07. The van der Waals surface area contributed by atoms with Crippen LogP contribution < -0.4 is 10.6 Å². The van der Waals surface area contributed by atoms with Crippen LogP contribution in [-0.2, 0) is 12.8 Å². The highest BCUT2D eigenvalue weighted by Gasteiger charge is 2.04. The minimum absolute atomic E-state index is 0.800. The molecule has 5 heteroatoms. The summed E-state index contributed by atoms with van der Waals surface area (Å²) >= 11 is 0. The molecule has 0 bridgehead atoms. The summed E-state index contributed by atoms with van der Waals surface area (Å²) in [6, 6.07) is 14.6. The van der Waals surface area contributed by atoms with Crippen LogP contribution in [-0.4, -0.2) is 35.5 Å². The van der Waals surface area contributed by atoms with Gasteiger partial charge in [0.05, 0.1) is 5.69 Å². The number of aromatic nitrogens is 2. The number of nitrogens with zero attached hydrogens (tertiary/aromatic N) is 3. The van der Waals surface area contributed by atoms with Crippen molar-refractivity contribution in [1.29, 1.82) is 0 Å². The number of guanidine groups is 1. The van der Waals surface area contributed by atoms with Crippen molar-refractivity contribution in [2.45, 2.75) is 19.8 Å². The number of benzene rings is 1. The molecule has 0 saturated heterocycles. The fourth-order valence-electron chi connectivity index (χ4n) is 2.82. The normalized spacial score (nSPS) is 11.7. The molecule has 0 amide bonds. The van der Waals surface area contributed by atoms with Gasteiger partial charge in [0.1, 0.15) is 5.65 Å². The van der Waals surface area contributed by atoms with Gasteiger partial charge in [-0.3, -0.25) is 4.99 Å². The van der Waals surface area contributed by atoms with E-state index in [0.717, 1.165) is 43.2 Å². The number of hydrogen-bond acceptors (Lipinski definition) is 2. The first-order valence-corrected chi connectivity index (χ1v) is 8.68.